The first-order valence-corrected chi connectivity index (χ1v) is 6.89. The number of nitrogens with zero attached hydrogens (tertiary/aromatic N) is 2. The predicted octanol–water partition coefficient (Wildman–Crippen LogP) is 2.20. The molecule has 1 aromatic heterocycles. The van der Waals surface area contributed by atoms with Gasteiger partial charge in [0.25, 0.3) is 5.91 Å². The Hall–Kier alpha value is -2.95. The summed E-state index contributed by atoms with van der Waals surface area (Å²) in [5.41, 5.74) is 2.14. The Morgan fingerprint density at radius 2 is 2.00 bits per heavy atom. The van der Waals surface area contributed by atoms with E-state index in [-0.39, 0.29) is 5.91 Å². The number of amidine groups is 1. The van der Waals surface area contributed by atoms with Gasteiger partial charge in [0.15, 0.2) is 0 Å². The number of ether oxygens (including phenoxy) is 1. The van der Waals surface area contributed by atoms with Crippen molar-refractivity contribution >= 4 is 17.8 Å². The first kappa shape index (κ1) is 14.0. The molecule has 2 aromatic rings. The van der Waals surface area contributed by atoms with E-state index >= 15 is 0 Å². The molecule has 0 fully saturated rings. The van der Waals surface area contributed by atoms with Gasteiger partial charge >= 0.3 is 0 Å². The van der Waals surface area contributed by atoms with Gasteiger partial charge in [-0.3, -0.25) is 9.78 Å². The van der Waals surface area contributed by atoms with Gasteiger partial charge in [0.2, 0.25) is 0 Å². The average molecular weight is 293 g/mol. The number of carbonyl (C=O) groups is 1. The molecule has 0 saturated carbocycles. The van der Waals surface area contributed by atoms with E-state index in [9.17, 15) is 4.79 Å². The molecule has 0 saturated heterocycles. The number of benzene rings is 1. The third kappa shape index (κ3) is 3.20. The predicted molar refractivity (Wildman–Crippen MR) is 84.5 cm³/mol. The van der Waals surface area contributed by atoms with E-state index in [0.717, 1.165) is 11.3 Å². The van der Waals surface area contributed by atoms with Crippen molar-refractivity contribution in [2.45, 2.75) is 6.42 Å². The van der Waals surface area contributed by atoms with Gasteiger partial charge in [0.05, 0.1) is 12.8 Å². The highest BCUT2D eigenvalue weighted by Gasteiger charge is 2.20. The van der Waals surface area contributed by atoms with Crippen molar-refractivity contribution in [3.63, 3.8) is 0 Å². The van der Waals surface area contributed by atoms with E-state index in [1.54, 1.807) is 19.4 Å². The third-order valence-electron chi connectivity index (χ3n) is 3.25. The van der Waals surface area contributed by atoms with Crippen LogP contribution in [0.3, 0.4) is 0 Å². The normalized spacial score (nSPS) is 15.6. The molecule has 3 rings (SSSR count). The Morgan fingerprint density at radius 3 is 2.68 bits per heavy atom. The molecular formula is C17H15N3O2. The summed E-state index contributed by atoms with van der Waals surface area (Å²) in [6.07, 6.45) is 3.92. The van der Waals surface area contributed by atoms with Gasteiger partial charge in [0.1, 0.15) is 17.3 Å². The summed E-state index contributed by atoms with van der Waals surface area (Å²) in [5.74, 6) is 1.24. The topological polar surface area (TPSA) is 63.6 Å². The first-order valence-electron chi connectivity index (χ1n) is 6.89. The molecule has 0 radical (unpaired) electrons. The number of pyridine rings is 1. The van der Waals surface area contributed by atoms with E-state index in [4.69, 9.17) is 4.74 Å². The zero-order valence-electron chi connectivity index (χ0n) is 12.1. The molecule has 1 N–H and O–H groups in total. The highest BCUT2D eigenvalue weighted by Crippen LogP contribution is 2.15. The van der Waals surface area contributed by atoms with Crippen molar-refractivity contribution in [3.05, 3.63) is 65.6 Å². The highest BCUT2D eigenvalue weighted by atomic mass is 16.5. The Morgan fingerprint density at radius 1 is 1.18 bits per heavy atom. The lowest BCUT2D eigenvalue weighted by atomic mass is 10.1. The second-order valence-corrected chi connectivity index (χ2v) is 4.82. The Balaban J connectivity index is 1.76. The van der Waals surface area contributed by atoms with Gasteiger partial charge in [-0.2, -0.15) is 0 Å². The zero-order chi connectivity index (χ0) is 15.4. The summed E-state index contributed by atoms with van der Waals surface area (Å²) in [4.78, 5) is 20.5. The van der Waals surface area contributed by atoms with Gasteiger partial charge in [-0.1, -0.05) is 18.2 Å². The molecule has 1 amide bonds. The molecule has 1 aliphatic heterocycles. The van der Waals surface area contributed by atoms with Gasteiger partial charge in [0, 0.05) is 12.6 Å². The lowest BCUT2D eigenvalue weighted by molar-refractivity contribution is -0.115. The number of rotatable bonds is 4. The summed E-state index contributed by atoms with van der Waals surface area (Å²) >= 11 is 0. The van der Waals surface area contributed by atoms with E-state index in [1.165, 1.54) is 0 Å². The maximum Gasteiger partial charge on any atom is 0.275 e. The number of methoxy groups -OCH3 is 1. The van der Waals surface area contributed by atoms with Crippen LogP contribution < -0.4 is 10.1 Å². The number of hydrogen-bond donors (Lipinski definition) is 1. The molecule has 0 aliphatic carbocycles. The van der Waals surface area contributed by atoms with Gasteiger partial charge < -0.3 is 10.1 Å². The molecule has 0 bridgehead atoms. The van der Waals surface area contributed by atoms with Gasteiger partial charge in [-0.15, -0.1) is 0 Å². The lowest BCUT2D eigenvalue weighted by Gasteiger charge is -2.03. The van der Waals surface area contributed by atoms with Crippen LogP contribution in [0.25, 0.3) is 6.08 Å². The fraction of sp³-hybridized carbons (Fsp3) is 0.118. The molecule has 0 unspecified atom stereocenters. The van der Waals surface area contributed by atoms with Crippen molar-refractivity contribution in [3.8, 4) is 5.75 Å². The van der Waals surface area contributed by atoms with Crippen molar-refractivity contribution in [1.82, 2.24) is 10.3 Å². The zero-order valence-corrected chi connectivity index (χ0v) is 12.1. The largest absolute Gasteiger partial charge is 0.497 e. The Bertz CT molecular complexity index is 734. The second kappa shape index (κ2) is 6.22. The summed E-state index contributed by atoms with van der Waals surface area (Å²) in [6.45, 7) is 0. The summed E-state index contributed by atoms with van der Waals surface area (Å²) in [5, 5.41) is 2.79. The fourth-order valence-corrected chi connectivity index (χ4v) is 2.14. The van der Waals surface area contributed by atoms with E-state index in [1.807, 2.05) is 42.5 Å². The Labute approximate surface area is 128 Å². The summed E-state index contributed by atoms with van der Waals surface area (Å²) < 4.78 is 5.12. The van der Waals surface area contributed by atoms with E-state index in [0.29, 0.717) is 23.6 Å². The van der Waals surface area contributed by atoms with Gasteiger partial charge in [-0.25, -0.2) is 4.99 Å². The molecule has 0 spiro atoms. The molecule has 5 heteroatoms. The molecule has 1 aliphatic rings. The van der Waals surface area contributed by atoms with Crippen LogP contribution in [0, 0.1) is 0 Å². The van der Waals surface area contributed by atoms with Crippen molar-refractivity contribution in [2.75, 3.05) is 7.11 Å². The summed E-state index contributed by atoms with van der Waals surface area (Å²) in [6, 6.07) is 13.2. The van der Waals surface area contributed by atoms with Crippen molar-refractivity contribution in [2.24, 2.45) is 4.99 Å². The maximum atomic E-state index is 11.9. The highest BCUT2D eigenvalue weighted by molar-refractivity contribution is 6.14. The Kier molecular flexibility index (Phi) is 3.96. The number of aliphatic imine (C=N–C) groups is 1. The van der Waals surface area contributed by atoms with E-state index < -0.39 is 0 Å². The minimum atomic E-state index is -0.200. The molecule has 5 nitrogen and oxygen atoms in total. The van der Waals surface area contributed by atoms with Crippen LogP contribution >= 0.6 is 0 Å². The maximum absolute atomic E-state index is 11.9. The SMILES string of the molecule is COc1ccc(CC2=N/C(=C/c3ccccn3)C(=O)N2)cc1. The van der Waals surface area contributed by atoms with Crippen LogP contribution in [0.2, 0.25) is 0 Å². The average Bonchev–Trinajstić information content (AvgIpc) is 2.88. The minimum Gasteiger partial charge on any atom is -0.497 e. The van der Waals surface area contributed by atoms with Crippen LogP contribution in [0.1, 0.15) is 11.3 Å². The minimum absolute atomic E-state index is 0.200. The molecule has 0 atom stereocenters. The van der Waals surface area contributed by atoms with Crippen LogP contribution in [0.5, 0.6) is 5.75 Å². The van der Waals surface area contributed by atoms with Crippen LogP contribution in [-0.4, -0.2) is 23.8 Å². The van der Waals surface area contributed by atoms with Crippen LogP contribution in [-0.2, 0) is 11.2 Å². The lowest BCUT2D eigenvalue weighted by Crippen LogP contribution is -2.25. The number of nitrogens with one attached hydrogen (secondary N) is 1. The second-order valence-electron chi connectivity index (χ2n) is 4.82. The number of hydrogen-bond acceptors (Lipinski definition) is 4. The van der Waals surface area contributed by atoms with Crippen molar-refractivity contribution < 1.29 is 9.53 Å². The molecule has 22 heavy (non-hydrogen) atoms. The molecule has 110 valence electrons. The number of amides is 1. The van der Waals surface area contributed by atoms with Crippen molar-refractivity contribution in [1.29, 1.82) is 0 Å². The molecule has 1 aromatic carbocycles. The standard InChI is InChI=1S/C17H15N3O2/c1-22-14-7-5-12(6-8-14)10-16-19-15(17(21)20-16)11-13-4-2-3-9-18-13/h2-9,11H,10H2,1H3,(H,19,20,21)/b15-11+. The van der Waals surface area contributed by atoms with Gasteiger partial charge in [-0.05, 0) is 35.9 Å². The third-order valence-corrected chi connectivity index (χ3v) is 3.25. The quantitative estimate of drug-likeness (QED) is 0.879. The molecular weight excluding hydrogens is 278 g/mol. The first-order chi connectivity index (χ1) is 10.7. The van der Waals surface area contributed by atoms with Crippen LogP contribution in [0.15, 0.2) is 59.4 Å². The molecule has 2 heterocycles. The number of carbonyl (C=O) groups excluding carboxylic acids is 1. The fourth-order valence-electron chi connectivity index (χ4n) is 2.14. The smallest absolute Gasteiger partial charge is 0.275 e. The number of aromatic nitrogens is 1. The summed E-state index contributed by atoms with van der Waals surface area (Å²) in [7, 11) is 1.63. The monoisotopic (exact) mass is 293 g/mol. The van der Waals surface area contributed by atoms with E-state index in [2.05, 4.69) is 15.3 Å². The van der Waals surface area contributed by atoms with Crippen LogP contribution in [0.4, 0.5) is 0 Å².